The first-order valence-corrected chi connectivity index (χ1v) is 5.62. The summed E-state index contributed by atoms with van der Waals surface area (Å²) in [5, 5.41) is 9.04. The third-order valence-corrected chi connectivity index (χ3v) is 2.56. The van der Waals surface area contributed by atoms with Gasteiger partial charge in [-0.25, -0.2) is 0 Å². The van der Waals surface area contributed by atoms with E-state index in [1.54, 1.807) is 0 Å². The van der Waals surface area contributed by atoms with E-state index >= 15 is 0 Å². The third kappa shape index (κ3) is 4.05. The van der Waals surface area contributed by atoms with Crippen LogP contribution in [0.2, 0.25) is 0 Å². The Bertz CT molecular complexity index is 292. The molecule has 0 heterocycles. The Kier molecular flexibility index (Phi) is 3.92. The molecule has 0 saturated heterocycles. The fourth-order valence-corrected chi connectivity index (χ4v) is 1.68. The van der Waals surface area contributed by atoms with Gasteiger partial charge in [0.15, 0.2) is 0 Å². The van der Waals surface area contributed by atoms with Crippen LogP contribution in [0.5, 0.6) is 0 Å². The Hall–Kier alpha value is -0.820. The zero-order valence-corrected chi connectivity index (χ0v) is 10.2. The molecule has 1 heteroatoms. The van der Waals surface area contributed by atoms with Crippen molar-refractivity contribution in [2.24, 2.45) is 5.41 Å². The van der Waals surface area contributed by atoms with Gasteiger partial charge in [0.05, 0.1) is 0 Å². The van der Waals surface area contributed by atoms with Gasteiger partial charge in [-0.15, -0.1) is 0 Å². The standard InChI is InChI=1S/C14H22O/c1-11(10-15)13-7-5-12(6-8-13)9-14(2,3)4/h5-8,11,15H,9-10H2,1-4H3. The monoisotopic (exact) mass is 206 g/mol. The molecule has 0 aromatic heterocycles. The van der Waals surface area contributed by atoms with Crippen molar-refractivity contribution in [1.29, 1.82) is 0 Å². The largest absolute Gasteiger partial charge is 0.396 e. The van der Waals surface area contributed by atoms with Gasteiger partial charge in [0.25, 0.3) is 0 Å². The summed E-state index contributed by atoms with van der Waals surface area (Å²) in [6, 6.07) is 8.60. The highest BCUT2D eigenvalue weighted by Crippen LogP contribution is 2.22. The first-order valence-electron chi connectivity index (χ1n) is 5.62. The van der Waals surface area contributed by atoms with E-state index in [1.807, 2.05) is 6.92 Å². The van der Waals surface area contributed by atoms with Crippen LogP contribution in [-0.4, -0.2) is 11.7 Å². The fourth-order valence-electron chi connectivity index (χ4n) is 1.68. The van der Waals surface area contributed by atoms with E-state index in [-0.39, 0.29) is 12.5 Å². The second-order valence-corrected chi connectivity index (χ2v) is 5.56. The molecule has 0 aliphatic carbocycles. The normalized spacial score (nSPS) is 13.9. The highest BCUT2D eigenvalue weighted by atomic mass is 16.3. The van der Waals surface area contributed by atoms with E-state index in [2.05, 4.69) is 45.0 Å². The van der Waals surface area contributed by atoms with E-state index in [9.17, 15) is 0 Å². The summed E-state index contributed by atoms with van der Waals surface area (Å²) in [4.78, 5) is 0. The van der Waals surface area contributed by atoms with E-state index in [1.165, 1.54) is 11.1 Å². The minimum absolute atomic E-state index is 0.221. The molecule has 1 N–H and O–H groups in total. The first kappa shape index (κ1) is 12.3. The predicted octanol–water partition coefficient (Wildman–Crippen LogP) is 3.37. The van der Waals surface area contributed by atoms with Gasteiger partial charge in [0, 0.05) is 12.5 Å². The molecule has 15 heavy (non-hydrogen) atoms. The minimum atomic E-state index is 0.221. The smallest absolute Gasteiger partial charge is 0.0497 e. The van der Waals surface area contributed by atoms with Gasteiger partial charge in [0.2, 0.25) is 0 Å². The number of aliphatic hydroxyl groups is 1. The SMILES string of the molecule is CC(CO)c1ccc(CC(C)(C)C)cc1. The van der Waals surface area contributed by atoms with Crippen LogP contribution in [0.1, 0.15) is 44.7 Å². The second-order valence-electron chi connectivity index (χ2n) is 5.56. The van der Waals surface area contributed by atoms with Crippen LogP contribution in [-0.2, 0) is 6.42 Å². The van der Waals surface area contributed by atoms with Crippen molar-refractivity contribution >= 4 is 0 Å². The fraction of sp³-hybridized carbons (Fsp3) is 0.571. The molecule has 0 radical (unpaired) electrons. The van der Waals surface area contributed by atoms with Crippen LogP contribution < -0.4 is 0 Å². The summed E-state index contributed by atoms with van der Waals surface area (Å²) in [7, 11) is 0. The molecule has 0 bridgehead atoms. The van der Waals surface area contributed by atoms with Crippen molar-refractivity contribution in [3.8, 4) is 0 Å². The van der Waals surface area contributed by atoms with Crippen molar-refractivity contribution in [3.63, 3.8) is 0 Å². The molecule has 0 saturated carbocycles. The summed E-state index contributed by atoms with van der Waals surface area (Å²) >= 11 is 0. The quantitative estimate of drug-likeness (QED) is 0.804. The molecule has 1 rings (SSSR count). The lowest BCUT2D eigenvalue weighted by Crippen LogP contribution is -2.09. The van der Waals surface area contributed by atoms with Crippen molar-refractivity contribution in [1.82, 2.24) is 0 Å². The molecular formula is C14H22O. The lowest BCUT2D eigenvalue weighted by Gasteiger charge is -2.18. The van der Waals surface area contributed by atoms with E-state index < -0.39 is 0 Å². The molecule has 1 atom stereocenters. The number of benzene rings is 1. The van der Waals surface area contributed by atoms with Crippen molar-refractivity contribution in [2.75, 3.05) is 6.61 Å². The average molecular weight is 206 g/mol. The number of aliphatic hydroxyl groups excluding tert-OH is 1. The Labute approximate surface area is 93.1 Å². The van der Waals surface area contributed by atoms with E-state index in [0.717, 1.165) is 6.42 Å². The Balaban J connectivity index is 2.72. The summed E-state index contributed by atoms with van der Waals surface area (Å²) in [6.07, 6.45) is 1.10. The highest BCUT2D eigenvalue weighted by Gasteiger charge is 2.11. The molecule has 0 fully saturated rings. The maximum Gasteiger partial charge on any atom is 0.0497 e. The Morgan fingerprint density at radius 1 is 1.13 bits per heavy atom. The van der Waals surface area contributed by atoms with Crippen molar-refractivity contribution in [3.05, 3.63) is 35.4 Å². The van der Waals surface area contributed by atoms with Gasteiger partial charge < -0.3 is 5.11 Å². The summed E-state index contributed by atoms with van der Waals surface area (Å²) in [6.45, 7) is 9.00. The number of hydrogen-bond acceptors (Lipinski definition) is 1. The maximum atomic E-state index is 9.04. The number of rotatable bonds is 3. The molecule has 84 valence electrons. The Morgan fingerprint density at radius 2 is 1.67 bits per heavy atom. The molecule has 0 aliphatic heterocycles. The van der Waals surface area contributed by atoms with Gasteiger partial charge in [-0.05, 0) is 23.0 Å². The molecule has 0 aliphatic rings. The minimum Gasteiger partial charge on any atom is -0.396 e. The van der Waals surface area contributed by atoms with Crippen molar-refractivity contribution < 1.29 is 5.11 Å². The zero-order chi connectivity index (χ0) is 11.5. The zero-order valence-electron chi connectivity index (χ0n) is 10.2. The van der Waals surface area contributed by atoms with Crippen LogP contribution in [0.4, 0.5) is 0 Å². The second kappa shape index (κ2) is 4.80. The molecule has 1 aromatic carbocycles. The van der Waals surface area contributed by atoms with Crippen LogP contribution in [0.25, 0.3) is 0 Å². The molecule has 0 amide bonds. The van der Waals surface area contributed by atoms with Gasteiger partial charge in [-0.3, -0.25) is 0 Å². The Morgan fingerprint density at radius 3 is 2.07 bits per heavy atom. The third-order valence-electron chi connectivity index (χ3n) is 2.56. The summed E-state index contributed by atoms with van der Waals surface area (Å²) in [5.74, 6) is 0.244. The topological polar surface area (TPSA) is 20.2 Å². The van der Waals surface area contributed by atoms with Gasteiger partial charge in [0.1, 0.15) is 0 Å². The molecule has 1 aromatic rings. The highest BCUT2D eigenvalue weighted by molar-refractivity contribution is 5.25. The predicted molar refractivity (Wildman–Crippen MR) is 65.1 cm³/mol. The van der Waals surface area contributed by atoms with E-state index in [4.69, 9.17) is 5.11 Å². The van der Waals surface area contributed by atoms with Gasteiger partial charge in [-0.1, -0.05) is 52.0 Å². The summed E-state index contributed by atoms with van der Waals surface area (Å²) < 4.78 is 0. The van der Waals surface area contributed by atoms with Gasteiger partial charge >= 0.3 is 0 Å². The first-order chi connectivity index (χ1) is 6.92. The van der Waals surface area contributed by atoms with Crippen LogP contribution in [0.3, 0.4) is 0 Å². The van der Waals surface area contributed by atoms with Crippen LogP contribution >= 0.6 is 0 Å². The number of hydrogen-bond donors (Lipinski definition) is 1. The molecular weight excluding hydrogens is 184 g/mol. The average Bonchev–Trinajstić information content (AvgIpc) is 2.15. The van der Waals surface area contributed by atoms with E-state index in [0.29, 0.717) is 5.41 Å². The molecule has 0 spiro atoms. The lowest BCUT2D eigenvalue weighted by molar-refractivity contribution is 0.273. The lowest BCUT2D eigenvalue weighted by atomic mass is 9.87. The molecule has 1 nitrogen and oxygen atoms in total. The van der Waals surface area contributed by atoms with Crippen LogP contribution in [0.15, 0.2) is 24.3 Å². The van der Waals surface area contributed by atoms with Crippen LogP contribution in [0, 0.1) is 5.41 Å². The maximum absolute atomic E-state index is 9.04. The molecule has 1 unspecified atom stereocenters. The van der Waals surface area contributed by atoms with Crippen molar-refractivity contribution in [2.45, 2.75) is 40.0 Å². The van der Waals surface area contributed by atoms with Gasteiger partial charge in [-0.2, -0.15) is 0 Å². The summed E-state index contributed by atoms with van der Waals surface area (Å²) in [5.41, 5.74) is 2.93.